The van der Waals surface area contributed by atoms with Crippen molar-refractivity contribution < 1.29 is 0 Å². The van der Waals surface area contributed by atoms with Crippen molar-refractivity contribution in [2.75, 3.05) is 0 Å². The molecule has 2 aromatic rings. The summed E-state index contributed by atoms with van der Waals surface area (Å²) in [6.45, 7) is 0. The molecule has 0 spiro atoms. The smallest absolute Gasteiger partial charge is 0.204 e. The molecule has 0 N–H and O–H groups in total. The summed E-state index contributed by atoms with van der Waals surface area (Å²) in [4.78, 5) is 10.4. The van der Waals surface area contributed by atoms with Crippen LogP contribution in [0.15, 0.2) is 11.0 Å². The fourth-order valence-electron chi connectivity index (χ4n) is 1.37. The number of aromatic nitrogens is 2. The average Bonchev–Trinajstić information content (AvgIpc) is 2.74. The van der Waals surface area contributed by atoms with Gasteiger partial charge in [0.25, 0.3) is 0 Å². The second kappa shape index (κ2) is 2.45. The van der Waals surface area contributed by atoms with Gasteiger partial charge in [0.1, 0.15) is 11.4 Å². The van der Waals surface area contributed by atoms with E-state index in [0.29, 0.717) is 0 Å². The van der Waals surface area contributed by atoms with Crippen LogP contribution in [-0.2, 0) is 4.33 Å². The Bertz CT molecular complexity index is 432. The molecule has 2 nitrogen and oxygen atoms in total. The fourth-order valence-corrected chi connectivity index (χ4v) is 4.03. The first-order valence-electron chi connectivity index (χ1n) is 3.47. The maximum absolute atomic E-state index is 6.17. The van der Waals surface area contributed by atoms with Crippen molar-refractivity contribution >= 4 is 45.9 Å². The third-order valence-corrected chi connectivity index (χ3v) is 4.47. The summed E-state index contributed by atoms with van der Waals surface area (Å²) in [5.41, 5.74) is 4.98. The summed E-state index contributed by atoms with van der Waals surface area (Å²) >= 11 is 15.4. The van der Waals surface area contributed by atoms with Crippen LogP contribution in [0.4, 0.5) is 0 Å². The van der Waals surface area contributed by atoms with Gasteiger partial charge in [-0.05, 0) is 0 Å². The van der Waals surface area contributed by atoms with Crippen LogP contribution >= 0.6 is 45.9 Å². The van der Waals surface area contributed by atoms with E-state index in [0.717, 1.165) is 21.1 Å². The lowest BCUT2D eigenvalue weighted by molar-refractivity contribution is 0.970. The Kier molecular flexibility index (Phi) is 1.54. The Labute approximate surface area is 92.2 Å². The van der Waals surface area contributed by atoms with Crippen molar-refractivity contribution in [3.8, 4) is 9.75 Å². The van der Waals surface area contributed by atoms with E-state index in [1.165, 1.54) is 0 Å². The Balaban J connectivity index is 2.44. The van der Waals surface area contributed by atoms with Gasteiger partial charge in [0.15, 0.2) is 0 Å². The second-order valence-corrected chi connectivity index (χ2v) is 5.67. The summed E-state index contributed by atoms with van der Waals surface area (Å²) < 4.78 is -1.04. The molecule has 0 saturated heterocycles. The van der Waals surface area contributed by atoms with Gasteiger partial charge in [-0.15, -0.1) is 22.7 Å². The summed E-state index contributed by atoms with van der Waals surface area (Å²) in [7, 11) is 0. The third kappa shape index (κ3) is 0.892. The minimum Gasteiger partial charge on any atom is -0.245 e. The Hall–Kier alpha value is -0.160. The van der Waals surface area contributed by atoms with Gasteiger partial charge < -0.3 is 0 Å². The molecule has 0 atom stereocenters. The number of nitrogens with zero attached hydrogens (tertiary/aromatic N) is 2. The van der Waals surface area contributed by atoms with Crippen molar-refractivity contribution in [3.63, 3.8) is 0 Å². The molecular formula is C7H2Cl2N2S2. The predicted octanol–water partition coefficient (Wildman–Crippen LogP) is 3.26. The zero-order valence-electron chi connectivity index (χ0n) is 6.12. The molecule has 2 heterocycles. The van der Waals surface area contributed by atoms with E-state index in [-0.39, 0.29) is 0 Å². The minimum atomic E-state index is -1.04. The topological polar surface area (TPSA) is 25.8 Å². The Morgan fingerprint density at radius 3 is 1.92 bits per heavy atom. The molecule has 0 aromatic carbocycles. The lowest BCUT2D eigenvalue weighted by atomic mass is 10.3. The normalized spacial score (nSPS) is 17.1. The molecule has 3 rings (SSSR count). The number of alkyl halides is 2. The monoisotopic (exact) mass is 248 g/mol. The van der Waals surface area contributed by atoms with E-state index in [9.17, 15) is 0 Å². The summed E-state index contributed by atoms with van der Waals surface area (Å²) in [5.74, 6) is 0. The molecule has 0 aliphatic heterocycles. The molecule has 0 unspecified atom stereocenters. The highest BCUT2D eigenvalue weighted by atomic mass is 35.5. The molecule has 66 valence electrons. The molecule has 1 aliphatic rings. The van der Waals surface area contributed by atoms with E-state index < -0.39 is 4.33 Å². The highest BCUT2D eigenvalue weighted by Crippen LogP contribution is 2.55. The van der Waals surface area contributed by atoms with Crippen molar-refractivity contribution in [2.24, 2.45) is 0 Å². The van der Waals surface area contributed by atoms with Crippen molar-refractivity contribution in [2.45, 2.75) is 4.33 Å². The largest absolute Gasteiger partial charge is 0.245 e. The second-order valence-electron chi connectivity index (χ2n) is 2.63. The fraction of sp³-hybridized carbons (Fsp3) is 0.143. The first kappa shape index (κ1) is 8.17. The van der Waals surface area contributed by atoms with Crippen molar-refractivity contribution in [3.05, 3.63) is 22.4 Å². The molecular weight excluding hydrogens is 247 g/mol. The molecule has 13 heavy (non-hydrogen) atoms. The highest BCUT2D eigenvalue weighted by Gasteiger charge is 2.45. The Morgan fingerprint density at radius 2 is 1.46 bits per heavy atom. The van der Waals surface area contributed by atoms with Gasteiger partial charge in [0.05, 0.1) is 20.8 Å². The minimum absolute atomic E-state index is 0.732. The van der Waals surface area contributed by atoms with Gasteiger partial charge in [-0.3, -0.25) is 0 Å². The highest BCUT2D eigenvalue weighted by molar-refractivity contribution is 7.20. The van der Waals surface area contributed by atoms with Crippen LogP contribution < -0.4 is 0 Å². The van der Waals surface area contributed by atoms with Crippen LogP contribution in [0, 0.1) is 0 Å². The van der Waals surface area contributed by atoms with Crippen LogP contribution in [0.3, 0.4) is 0 Å². The van der Waals surface area contributed by atoms with E-state index in [1.807, 2.05) is 0 Å². The van der Waals surface area contributed by atoms with Crippen LogP contribution in [0.25, 0.3) is 9.75 Å². The van der Waals surface area contributed by atoms with E-state index in [2.05, 4.69) is 9.97 Å². The average molecular weight is 249 g/mol. The summed E-state index contributed by atoms with van der Waals surface area (Å²) in [6.07, 6.45) is 0. The molecule has 0 fully saturated rings. The Morgan fingerprint density at radius 1 is 1.00 bits per heavy atom. The molecule has 2 aromatic heterocycles. The van der Waals surface area contributed by atoms with Crippen LogP contribution in [0.2, 0.25) is 0 Å². The molecule has 0 saturated carbocycles. The standard InChI is InChI=1S/C7H2Cl2N2S2/c8-7(9)5-3(12-1-10-5)4-6(7)11-2-13-4/h1-2H. The zero-order chi connectivity index (χ0) is 9.05. The van der Waals surface area contributed by atoms with Crippen molar-refractivity contribution in [1.29, 1.82) is 0 Å². The zero-order valence-corrected chi connectivity index (χ0v) is 9.27. The SMILES string of the molecule is ClC1(Cl)c2ncsc2-c2scnc21. The number of fused-ring (bicyclic) bond motifs is 3. The van der Waals surface area contributed by atoms with Crippen LogP contribution in [0.5, 0.6) is 0 Å². The molecule has 1 aliphatic carbocycles. The number of rotatable bonds is 0. The predicted molar refractivity (Wildman–Crippen MR) is 55.7 cm³/mol. The maximum Gasteiger partial charge on any atom is 0.204 e. The lowest BCUT2D eigenvalue weighted by Gasteiger charge is -2.09. The molecule has 0 bridgehead atoms. The van der Waals surface area contributed by atoms with Gasteiger partial charge in [0, 0.05) is 0 Å². The van der Waals surface area contributed by atoms with Crippen LogP contribution in [-0.4, -0.2) is 9.97 Å². The van der Waals surface area contributed by atoms with E-state index in [1.54, 1.807) is 33.7 Å². The molecule has 0 amide bonds. The number of thiazole rings is 2. The first-order chi connectivity index (χ1) is 6.21. The van der Waals surface area contributed by atoms with E-state index >= 15 is 0 Å². The third-order valence-electron chi connectivity index (χ3n) is 1.94. The van der Waals surface area contributed by atoms with Gasteiger partial charge in [-0.2, -0.15) is 0 Å². The first-order valence-corrected chi connectivity index (χ1v) is 5.99. The number of halogens is 2. The van der Waals surface area contributed by atoms with Gasteiger partial charge in [-0.25, -0.2) is 9.97 Å². The summed E-state index contributed by atoms with van der Waals surface area (Å²) in [6, 6.07) is 0. The van der Waals surface area contributed by atoms with Gasteiger partial charge in [-0.1, -0.05) is 23.2 Å². The number of hydrogen-bond acceptors (Lipinski definition) is 4. The van der Waals surface area contributed by atoms with Gasteiger partial charge in [0.2, 0.25) is 4.33 Å². The van der Waals surface area contributed by atoms with Crippen molar-refractivity contribution in [1.82, 2.24) is 9.97 Å². The number of hydrogen-bond donors (Lipinski definition) is 0. The lowest BCUT2D eigenvalue weighted by Crippen LogP contribution is -2.09. The quantitative estimate of drug-likeness (QED) is 0.670. The molecule has 0 radical (unpaired) electrons. The van der Waals surface area contributed by atoms with E-state index in [4.69, 9.17) is 23.2 Å². The van der Waals surface area contributed by atoms with Gasteiger partial charge >= 0.3 is 0 Å². The van der Waals surface area contributed by atoms with Crippen LogP contribution in [0.1, 0.15) is 11.4 Å². The molecule has 6 heteroatoms. The maximum atomic E-state index is 6.17. The summed E-state index contributed by atoms with van der Waals surface area (Å²) in [5, 5.41) is 0.